The number of piperazine rings is 1. The average molecular weight is 320 g/mol. The van der Waals surface area contributed by atoms with Gasteiger partial charge in [0.15, 0.2) is 5.13 Å². The minimum atomic E-state index is 0.0164. The highest BCUT2D eigenvalue weighted by Gasteiger charge is 2.21. The summed E-state index contributed by atoms with van der Waals surface area (Å²) in [5.74, 6) is 0. The van der Waals surface area contributed by atoms with Crippen LogP contribution in [0.4, 0.5) is 9.93 Å². The van der Waals surface area contributed by atoms with Gasteiger partial charge in [-0.2, -0.15) is 5.10 Å². The molecule has 2 aromatic heterocycles. The fraction of sp³-hybridized carbons (Fsp3) is 0.500. The molecule has 3 heterocycles. The van der Waals surface area contributed by atoms with Gasteiger partial charge in [-0.15, -0.1) is 11.3 Å². The van der Waals surface area contributed by atoms with Crippen LogP contribution in [0.5, 0.6) is 0 Å². The molecule has 1 aliphatic rings. The molecule has 22 heavy (non-hydrogen) atoms. The van der Waals surface area contributed by atoms with E-state index in [2.05, 4.69) is 20.3 Å². The lowest BCUT2D eigenvalue weighted by Crippen LogP contribution is -2.52. The summed E-state index contributed by atoms with van der Waals surface area (Å²) in [5.41, 5.74) is 1.14. The van der Waals surface area contributed by atoms with E-state index in [-0.39, 0.29) is 6.03 Å². The number of hydrogen-bond donors (Lipinski definition) is 1. The van der Waals surface area contributed by atoms with Crippen molar-refractivity contribution in [2.45, 2.75) is 6.42 Å². The van der Waals surface area contributed by atoms with Crippen molar-refractivity contribution in [1.29, 1.82) is 0 Å². The predicted octanol–water partition coefficient (Wildman–Crippen LogP) is 0.951. The second kappa shape index (κ2) is 6.78. The highest BCUT2D eigenvalue weighted by molar-refractivity contribution is 7.13. The predicted molar refractivity (Wildman–Crippen MR) is 86.2 cm³/mol. The number of aryl methyl sites for hydroxylation is 1. The number of amides is 2. The molecule has 1 aliphatic heterocycles. The molecule has 118 valence electrons. The highest BCUT2D eigenvalue weighted by atomic mass is 32.1. The van der Waals surface area contributed by atoms with Crippen LogP contribution in [-0.2, 0) is 13.5 Å². The Morgan fingerprint density at radius 2 is 2.18 bits per heavy atom. The van der Waals surface area contributed by atoms with Gasteiger partial charge in [-0.05, 0) is 12.0 Å². The third-order valence-corrected chi connectivity index (χ3v) is 4.54. The molecule has 8 heteroatoms. The molecule has 0 radical (unpaired) electrons. The van der Waals surface area contributed by atoms with E-state index >= 15 is 0 Å². The zero-order valence-corrected chi connectivity index (χ0v) is 13.4. The Kier molecular flexibility index (Phi) is 4.57. The minimum absolute atomic E-state index is 0.0164. The summed E-state index contributed by atoms with van der Waals surface area (Å²) in [6.45, 7) is 3.78. The first kappa shape index (κ1) is 14.8. The van der Waals surface area contributed by atoms with Crippen molar-refractivity contribution in [3.05, 3.63) is 29.5 Å². The van der Waals surface area contributed by atoms with Crippen LogP contribution in [0.3, 0.4) is 0 Å². The van der Waals surface area contributed by atoms with Gasteiger partial charge in [0, 0.05) is 57.5 Å². The lowest BCUT2D eigenvalue weighted by atomic mass is 10.2. The Balaban J connectivity index is 1.40. The van der Waals surface area contributed by atoms with Gasteiger partial charge in [-0.3, -0.25) is 4.68 Å². The maximum Gasteiger partial charge on any atom is 0.317 e. The molecule has 0 atom stereocenters. The number of nitrogens with zero attached hydrogens (tertiary/aromatic N) is 5. The van der Waals surface area contributed by atoms with Crippen molar-refractivity contribution < 1.29 is 4.79 Å². The largest absolute Gasteiger partial charge is 0.345 e. The van der Waals surface area contributed by atoms with E-state index in [0.717, 1.165) is 43.3 Å². The van der Waals surface area contributed by atoms with Crippen LogP contribution in [0.15, 0.2) is 24.0 Å². The second-order valence-electron chi connectivity index (χ2n) is 5.29. The number of carbonyl (C=O) groups excluding carboxylic acids is 1. The van der Waals surface area contributed by atoms with E-state index in [1.807, 2.05) is 35.9 Å². The maximum atomic E-state index is 12.1. The number of aromatic nitrogens is 3. The Morgan fingerprint density at radius 1 is 1.36 bits per heavy atom. The van der Waals surface area contributed by atoms with Crippen molar-refractivity contribution in [3.63, 3.8) is 0 Å². The zero-order chi connectivity index (χ0) is 15.4. The van der Waals surface area contributed by atoms with Gasteiger partial charge in [-0.25, -0.2) is 9.78 Å². The first-order chi connectivity index (χ1) is 10.7. The van der Waals surface area contributed by atoms with E-state index in [1.54, 1.807) is 16.0 Å². The molecule has 1 fully saturated rings. The standard InChI is InChI=1S/C14H20N6OS/c1-18-11-12(10-17-18)2-3-15-13(21)19-5-7-20(8-6-19)14-16-4-9-22-14/h4,9-11H,2-3,5-8H2,1H3,(H,15,21). The first-order valence-electron chi connectivity index (χ1n) is 7.37. The monoisotopic (exact) mass is 320 g/mol. The molecule has 0 unspecified atom stereocenters. The van der Waals surface area contributed by atoms with E-state index in [9.17, 15) is 4.79 Å². The maximum absolute atomic E-state index is 12.1. The van der Waals surface area contributed by atoms with Crippen molar-refractivity contribution >= 4 is 22.5 Å². The summed E-state index contributed by atoms with van der Waals surface area (Å²) in [6, 6.07) is 0.0164. The summed E-state index contributed by atoms with van der Waals surface area (Å²) in [4.78, 5) is 20.6. The lowest BCUT2D eigenvalue weighted by molar-refractivity contribution is 0.194. The van der Waals surface area contributed by atoms with Crippen molar-refractivity contribution in [3.8, 4) is 0 Å². The molecule has 0 saturated carbocycles. The zero-order valence-electron chi connectivity index (χ0n) is 12.6. The third kappa shape index (κ3) is 3.56. The van der Waals surface area contributed by atoms with Crippen LogP contribution in [0.25, 0.3) is 0 Å². The number of rotatable bonds is 4. The van der Waals surface area contributed by atoms with Crippen LogP contribution in [0.2, 0.25) is 0 Å². The number of carbonyl (C=O) groups is 1. The van der Waals surface area contributed by atoms with Gasteiger partial charge in [0.25, 0.3) is 0 Å². The van der Waals surface area contributed by atoms with E-state index in [4.69, 9.17) is 0 Å². The first-order valence-corrected chi connectivity index (χ1v) is 8.25. The second-order valence-corrected chi connectivity index (χ2v) is 6.17. The van der Waals surface area contributed by atoms with Gasteiger partial charge in [0.05, 0.1) is 6.20 Å². The average Bonchev–Trinajstić information content (AvgIpc) is 3.19. The molecule has 0 spiro atoms. The van der Waals surface area contributed by atoms with E-state index in [1.165, 1.54) is 0 Å². The summed E-state index contributed by atoms with van der Waals surface area (Å²) >= 11 is 1.64. The summed E-state index contributed by atoms with van der Waals surface area (Å²) < 4.78 is 1.77. The summed E-state index contributed by atoms with van der Waals surface area (Å²) in [6.07, 6.45) is 6.42. The number of urea groups is 1. The van der Waals surface area contributed by atoms with Crippen LogP contribution in [0.1, 0.15) is 5.56 Å². The summed E-state index contributed by atoms with van der Waals surface area (Å²) in [7, 11) is 1.89. The van der Waals surface area contributed by atoms with Crippen molar-refractivity contribution in [1.82, 2.24) is 25.0 Å². The highest BCUT2D eigenvalue weighted by Crippen LogP contribution is 2.18. The number of nitrogens with one attached hydrogen (secondary N) is 1. The fourth-order valence-corrected chi connectivity index (χ4v) is 3.20. The molecule has 1 saturated heterocycles. The van der Waals surface area contributed by atoms with Crippen LogP contribution >= 0.6 is 11.3 Å². The molecule has 1 N–H and O–H groups in total. The molecule has 0 aliphatic carbocycles. The third-order valence-electron chi connectivity index (χ3n) is 3.70. The smallest absolute Gasteiger partial charge is 0.317 e. The van der Waals surface area contributed by atoms with Crippen LogP contribution in [0, 0.1) is 0 Å². The SMILES string of the molecule is Cn1cc(CCNC(=O)N2CCN(c3nccs3)CC2)cn1. The molecule has 7 nitrogen and oxygen atoms in total. The molecule has 0 aromatic carbocycles. The topological polar surface area (TPSA) is 66.3 Å². The molecule has 0 bridgehead atoms. The normalized spacial score (nSPS) is 15.1. The molecular weight excluding hydrogens is 300 g/mol. The molecular formula is C14H20N6OS. The molecule has 3 rings (SSSR count). The van der Waals surface area contributed by atoms with Crippen LogP contribution in [-0.4, -0.2) is 58.4 Å². The van der Waals surface area contributed by atoms with E-state index in [0.29, 0.717) is 6.54 Å². The minimum Gasteiger partial charge on any atom is -0.345 e. The van der Waals surface area contributed by atoms with Crippen molar-refractivity contribution in [2.24, 2.45) is 7.05 Å². The van der Waals surface area contributed by atoms with Gasteiger partial charge < -0.3 is 15.1 Å². The van der Waals surface area contributed by atoms with Crippen LogP contribution < -0.4 is 10.2 Å². The Hall–Kier alpha value is -2.09. The molecule has 2 aromatic rings. The van der Waals surface area contributed by atoms with Gasteiger partial charge >= 0.3 is 6.03 Å². The lowest BCUT2D eigenvalue weighted by Gasteiger charge is -2.34. The van der Waals surface area contributed by atoms with Crippen molar-refractivity contribution in [2.75, 3.05) is 37.6 Å². The van der Waals surface area contributed by atoms with Gasteiger partial charge in [0.2, 0.25) is 0 Å². The number of thiazole rings is 1. The Labute approximate surface area is 133 Å². The quantitative estimate of drug-likeness (QED) is 0.911. The summed E-state index contributed by atoms with van der Waals surface area (Å²) in [5, 5.41) is 10.1. The number of hydrogen-bond acceptors (Lipinski definition) is 5. The van der Waals surface area contributed by atoms with Gasteiger partial charge in [0.1, 0.15) is 0 Å². The molecule has 2 amide bonds. The van der Waals surface area contributed by atoms with Gasteiger partial charge in [-0.1, -0.05) is 0 Å². The fourth-order valence-electron chi connectivity index (χ4n) is 2.50. The van der Waals surface area contributed by atoms with E-state index < -0.39 is 0 Å². The Bertz CT molecular complexity index is 603. The number of anilines is 1. The Morgan fingerprint density at radius 3 is 2.82 bits per heavy atom.